The van der Waals surface area contributed by atoms with Gasteiger partial charge in [0, 0.05) is 6.54 Å². The fraction of sp³-hybridized carbons (Fsp3) is 1.00. The first-order valence-corrected chi connectivity index (χ1v) is 3.27. The average molecular weight is 133 g/mol. The molecule has 1 atom stereocenters. The lowest BCUT2D eigenvalue weighted by Crippen LogP contribution is -2.22. The van der Waals surface area contributed by atoms with E-state index in [2.05, 4.69) is 5.32 Å². The highest BCUT2D eigenvalue weighted by Crippen LogP contribution is 1.84. The standard InChI is InChI=1S/C6H15NO2/c1-6(9)2-3-7-4-5-8/h6-9H,2-5H2,1H3. The summed E-state index contributed by atoms with van der Waals surface area (Å²) in [7, 11) is 0. The quantitative estimate of drug-likeness (QED) is 0.436. The molecule has 0 aromatic rings. The summed E-state index contributed by atoms with van der Waals surface area (Å²) in [5, 5.41) is 20.0. The van der Waals surface area contributed by atoms with Crippen LogP contribution in [0.25, 0.3) is 0 Å². The van der Waals surface area contributed by atoms with Crippen molar-refractivity contribution >= 4 is 0 Å². The Morgan fingerprint density at radius 1 is 1.44 bits per heavy atom. The molecule has 0 aliphatic heterocycles. The Bertz CT molecular complexity index is 57.0. The second kappa shape index (κ2) is 6.01. The molecule has 0 amide bonds. The van der Waals surface area contributed by atoms with Crippen molar-refractivity contribution in [2.75, 3.05) is 19.7 Å². The third-order valence-electron chi connectivity index (χ3n) is 1.03. The van der Waals surface area contributed by atoms with Crippen LogP contribution in [-0.4, -0.2) is 36.0 Å². The smallest absolute Gasteiger partial charge is 0.0555 e. The Morgan fingerprint density at radius 3 is 2.56 bits per heavy atom. The lowest BCUT2D eigenvalue weighted by atomic mass is 10.3. The second-order valence-corrected chi connectivity index (χ2v) is 2.11. The van der Waals surface area contributed by atoms with Crippen molar-refractivity contribution in [2.45, 2.75) is 19.4 Å². The van der Waals surface area contributed by atoms with Gasteiger partial charge in [-0.05, 0) is 19.9 Å². The Balaban J connectivity index is 2.75. The molecule has 1 unspecified atom stereocenters. The monoisotopic (exact) mass is 133 g/mol. The molecule has 0 spiro atoms. The lowest BCUT2D eigenvalue weighted by Gasteiger charge is -2.03. The number of aliphatic hydroxyl groups is 2. The number of aliphatic hydroxyl groups excluding tert-OH is 2. The normalized spacial score (nSPS) is 13.7. The highest BCUT2D eigenvalue weighted by molar-refractivity contribution is 4.50. The van der Waals surface area contributed by atoms with Gasteiger partial charge in [-0.1, -0.05) is 0 Å². The fourth-order valence-electron chi connectivity index (χ4n) is 0.515. The molecular weight excluding hydrogens is 118 g/mol. The van der Waals surface area contributed by atoms with Crippen molar-refractivity contribution in [1.29, 1.82) is 0 Å². The van der Waals surface area contributed by atoms with Crippen LogP contribution < -0.4 is 5.32 Å². The van der Waals surface area contributed by atoms with E-state index in [1.165, 1.54) is 0 Å². The van der Waals surface area contributed by atoms with E-state index >= 15 is 0 Å². The second-order valence-electron chi connectivity index (χ2n) is 2.11. The molecule has 0 saturated heterocycles. The minimum atomic E-state index is -0.240. The molecular formula is C6H15NO2. The Kier molecular flexibility index (Phi) is 5.93. The van der Waals surface area contributed by atoms with Crippen LogP contribution in [0.5, 0.6) is 0 Å². The van der Waals surface area contributed by atoms with E-state index < -0.39 is 0 Å². The van der Waals surface area contributed by atoms with Gasteiger partial charge in [0.05, 0.1) is 12.7 Å². The SMILES string of the molecule is CC(O)CCNCCO. The Labute approximate surface area is 55.7 Å². The third kappa shape index (κ3) is 7.88. The zero-order valence-corrected chi connectivity index (χ0v) is 5.80. The maximum Gasteiger partial charge on any atom is 0.0555 e. The van der Waals surface area contributed by atoms with E-state index in [0.29, 0.717) is 6.54 Å². The predicted octanol–water partition coefficient (Wildman–Crippen LogP) is -0.661. The van der Waals surface area contributed by atoms with Crippen molar-refractivity contribution in [3.63, 3.8) is 0 Å². The van der Waals surface area contributed by atoms with E-state index in [1.807, 2.05) is 0 Å². The van der Waals surface area contributed by atoms with Crippen LogP contribution in [0.4, 0.5) is 0 Å². The van der Waals surface area contributed by atoms with Crippen LogP contribution in [0, 0.1) is 0 Å². The number of rotatable bonds is 5. The summed E-state index contributed by atoms with van der Waals surface area (Å²) in [4.78, 5) is 0. The van der Waals surface area contributed by atoms with Gasteiger partial charge >= 0.3 is 0 Å². The minimum Gasteiger partial charge on any atom is -0.395 e. The van der Waals surface area contributed by atoms with Gasteiger partial charge in [0.15, 0.2) is 0 Å². The Morgan fingerprint density at radius 2 is 2.11 bits per heavy atom. The van der Waals surface area contributed by atoms with Gasteiger partial charge in [0.25, 0.3) is 0 Å². The molecule has 0 heterocycles. The Hall–Kier alpha value is -0.120. The summed E-state index contributed by atoms with van der Waals surface area (Å²) in [5.41, 5.74) is 0. The van der Waals surface area contributed by atoms with Gasteiger partial charge in [-0.3, -0.25) is 0 Å². The molecule has 0 radical (unpaired) electrons. The first-order valence-electron chi connectivity index (χ1n) is 3.27. The summed E-state index contributed by atoms with van der Waals surface area (Å²) >= 11 is 0. The molecule has 56 valence electrons. The molecule has 0 aliphatic carbocycles. The van der Waals surface area contributed by atoms with Gasteiger partial charge in [-0.15, -0.1) is 0 Å². The lowest BCUT2D eigenvalue weighted by molar-refractivity contribution is 0.182. The van der Waals surface area contributed by atoms with E-state index in [-0.39, 0.29) is 12.7 Å². The molecule has 3 N–H and O–H groups in total. The highest BCUT2D eigenvalue weighted by Gasteiger charge is 1.92. The summed E-state index contributed by atoms with van der Waals surface area (Å²) < 4.78 is 0. The minimum absolute atomic E-state index is 0.166. The molecule has 9 heavy (non-hydrogen) atoms. The molecule has 0 saturated carbocycles. The van der Waals surface area contributed by atoms with Gasteiger partial charge < -0.3 is 15.5 Å². The highest BCUT2D eigenvalue weighted by atomic mass is 16.3. The molecule has 0 rings (SSSR count). The maximum atomic E-state index is 8.75. The number of nitrogens with one attached hydrogen (secondary N) is 1. The molecule has 0 aromatic heterocycles. The molecule has 3 nitrogen and oxygen atoms in total. The van der Waals surface area contributed by atoms with Crippen LogP contribution in [0.1, 0.15) is 13.3 Å². The van der Waals surface area contributed by atoms with Gasteiger partial charge in [0.1, 0.15) is 0 Å². The zero-order chi connectivity index (χ0) is 7.11. The molecule has 3 heteroatoms. The molecule has 0 fully saturated rings. The van der Waals surface area contributed by atoms with E-state index in [9.17, 15) is 0 Å². The summed E-state index contributed by atoms with van der Waals surface area (Å²) in [6, 6.07) is 0. The van der Waals surface area contributed by atoms with Crippen molar-refractivity contribution in [2.24, 2.45) is 0 Å². The van der Waals surface area contributed by atoms with Crippen molar-refractivity contribution in [1.82, 2.24) is 5.32 Å². The first-order chi connectivity index (χ1) is 4.27. The van der Waals surface area contributed by atoms with Crippen LogP contribution in [-0.2, 0) is 0 Å². The fourth-order valence-corrected chi connectivity index (χ4v) is 0.515. The van der Waals surface area contributed by atoms with Gasteiger partial charge in [-0.25, -0.2) is 0 Å². The van der Waals surface area contributed by atoms with E-state index in [0.717, 1.165) is 13.0 Å². The first kappa shape index (κ1) is 8.88. The number of hydrogen-bond acceptors (Lipinski definition) is 3. The van der Waals surface area contributed by atoms with Gasteiger partial charge in [0.2, 0.25) is 0 Å². The van der Waals surface area contributed by atoms with Crippen LogP contribution in [0.2, 0.25) is 0 Å². The predicted molar refractivity (Wildman–Crippen MR) is 36.3 cm³/mol. The van der Waals surface area contributed by atoms with E-state index in [4.69, 9.17) is 10.2 Å². The largest absolute Gasteiger partial charge is 0.395 e. The van der Waals surface area contributed by atoms with Gasteiger partial charge in [-0.2, -0.15) is 0 Å². The number of hydrogen-bond donors (Lipinski definition) is 3. The summed E-state index contributed by atoms with van der Waals surface area (Å²) in [5.74, 6) is 0. The average Bonchev–Trinajstić information content (AvgIpc) is 1.80. The van der Waals surface area contributed by atoms with Crippen LogP contribution >= 0.6 is 0 Å². The summed E-state index contributed by atoms with van der Waals surface area (Å²) in [6.45, 7) is 3.31. The maximum absolute atomic E-state index is 8.75. The topological polar surface area (TPSA) is 52.5 Å². The van der Waals surface area contributed by atoms with Crippen molar-refractivity contribution in [3.05, 3.63) is 0 Å². The third-order valence-corrected chi connectivity index (χ3v) is 1.03. The molecule has 0 aliphatic rings. The molecule has 0 bridgehead atoms. The summed E-state index contributed by atoms with van der Waals surface area (Å²) in [6.07, 6.45) is 0.510. The zero-order valence-electron chi connectivity index (χ0n) is 5.80. The van der Waals surface area contributed by atoms with E-state index in [1.54, 1.807) is 6.92 Å². The van der Waals surface area contributed by atoms with Crippen LogP contribution in [0.15, 0.2) is 0 Å². The van der Waals surface area contributed by atoms with Crippen LogP contribution in [0.3, 0.4) is 0 Å². The van der Waals surface area contributed by atoms with Crippen molar-refractivity contribution in [3.8, 4) is 0 Å². The molecule has 0 aromatic carbocycles. The van der Waals surface area contributed by atoms with Crippen molar-refractivity contribution < 1.29 is 10.2 Å².